The SMILES string of the molecule is O=C(c1ccc(Cl)cc1)N1CCc2sccc2[C@@H]1c1ccc(C(F)(F)F)cc1. The summed E-state index contributed by atoms with van der Waals surface area (Å²) in [6, 6.07) is 13.2. The van der Waals surface area contributed by atoms with Crippen LogP contribution in [-0.2, 0) is 12.6 Å². The second-order valence-electron chi connectivity index (χ2n) is 6.58. The molecule has 0 saturated carbocycles. The van der Waals surface area contributed by atoms with Gasteiger partial charge in [0, 0.05) is 22.0 Å². The highest BCUT2D eigenvalue weighted by molar-refractivity contribution is 7.10. The first-order valence-corrected chi connectivity index (χ1v) is 9.90. The number of nitrogens with zero attached hydrogens (tertiary/aromatic N) is 1. The van der Waals surface area contributed by atoms with Crippen molar-refractivity contribution in [3.05, 3.63) is 92.1 Å². The van der Waals surface area contributed by atoms with Crippen molar-refractivity contribution in [1.82, 2.24) is 4.90 Å². The van der Waals surface area contributed by atoms with Gasteiger partial charge in [-0.15, -0.1) is 11.3 Å². The lowest BCUT2D eigenvalue weighted by Gasteiger charge is -2.36. The highest BCUT2D eigenvalue weighted by Gasteiger charge is 2.35. The normalized spacial score (nSPS) is 16.7. The van der Waals surface area contributed by atoms with Gasteiger partial charge in [0.25, 0.3) is 5.91 Å². The smallest absolute Gasteiger partial charge is 0.327 e. The molecule has 1 aliphatic rings. The van der Waals surface area contributed by atoms with Gasteiger partial charge in [0.15, 0.2) is 0 Å². The van der Waals surface area contributed by atoms with Gasteiger partial charge in [-0.1, -0.05) is 23.7 Å². The zero-order valence-corrected chi connectivity index (χ0v) is 16.1. The first-order valence-electron chi connectivity index (χ1n) is 8.64. The minimum atomic E-state index is -4.39. The summed E-state index contributed by atoms with van der Waals surface area (Å²) in [6.07, 6.45) is -3.67. The Hall–Kier alpha value is -2.31. The number of hydrogen-bond donors (Lipinski definition) is 0. The van der Waals surface area contributed by atoms with Crippen molar-refractivity contribution in [1.29, 1.82) is 0 Å². The Labute approximate surface area is 169 Å². The van der Waals surface area contributed by atoms with Gasteiger partial charge in [-0.25, -0.2) is 0 Å². The number of alkyl halides is 3. The van der Waals surface area contributed by atoms with Crippen LogP contribution in [0.1, 0.15) is 38.0 Å². The minimum Gasteiger partial charge on any atom is -0.327 e. The molecule has 2 heterocycles. The molecule has 0 radical (unpaired) electrons. The van der Waals surface area contributed by atoms with Gasteiger partial charge >= 0.3 is 6.18 Å². The average Bonchev–Trinajstić information content (AvgIpc) is 3.15. The van der Waals surface area contributed by atoms with E-state index in [0.717, 1.165) is 29.0 Å². The largest absolute Gasteiger partial charge is 0.416 e. The maximum absolute atomic E-state index is 13.2. The topological polar surface area (TPSA) is 20.3 Å². The second kappa shape index (κ2) is 7.26. The molecule has 0 aliphatic carbocycles. The highest BCUT2D eigenvalue weighted by Crippen LogP contribution is 2.39. The fraction of sp³-hybridized carbons (Fsp3) is 0.190. The van der Waals surface area contributed by atoms with Crippen LogP contribution in [0, 0.1) is 0 Å². The molecule has 0 bridgehead atoms. The van der Waals surface area contributed by atoms with E-state index in [9.17, 15) is 18.0 Å². The molecular formula is C21H15ClF3NOS. The summed E-state index contributed by atoms with van der Waals surface area (Å²) < 4.78 is 38.8. The number of halogens is 4. The van der Waals surface area contributed by atoms with E-state index in [-0.39, 0.29) is 5.91 Å². The molecule has 1 atom stereocenters. The van der Waals surface area contributed by atoms with Crippen molar-refractivity contribution >= 4 is 28.8 Å². The Bertz CT molecular complexity index is 996. The van der Waals surface area contributed by atoms with Crippen LogP contribution in [0.3, 0.4) is 0 Å². The van der Waals surface area contributed by atoms with Crippen molar-refractivity contribution in [3.63, 3.8) is 0 Å². The van der Waals surface area contributed by atoms with Gasteiger partial charge < -0.3 is 4.90 Å². The highest BCUT2D eigenvalue weighted by atomic mass is 35.5. The van der Waals surface area contributed by atoms with Crippen LogP contribution in [-0.4, -0.2) is 17.4 Å². The molecule has 0 N–H and O–H groups in total. The summed E-state index contributed by atoms with van der Waals surface area (Å²) in [6.45, 7) is 0.501. The van der Waals surface area contributed by atoms with Crippen LogP contribution in [0.5, 0.6) is 0 Å². The summed E-state index contributed by atoms with van der Waals surface area (Å²) >= 11 is 7.52. The third kappa shape index (κ3) is 3.54. The Morgan fingerprint density at radius 3 is 2.36 bits per heavy atom. The molecule has 28 heavy (non-hydrogen) atoms. The molecule has 1 amide bonds. The maximum atomic E-state index is 13.2. The standard InChI is InChI=1S/C21H15ClF3NOS/c22-16-7-3-14(4-8-16)20(27)26-11-9-18-17(10-12-28-18)19(26)13-1-5-15(6-2-13)21(23,24)25/h1-8,10,12,19H,9,11H2/t19-/m0/s1. The lowest BCUT2D eigenvalue weighted by Crippen LogP contribution is -2.40. The quantitative estimate of drug-likeness (QED) is 0.481. The molecule has 3 aromatic rings. The van der Waals surface area contributed by atoms with Crippen LogP contribution in [0.4, 0.5) is 13.2 Å². The van der Waals surface area contributed by atoms with E-state index in [2.05, 4.69) is 0 Å². The zero-order valence-electron chi connectivity index (χ0n) is 14.5. The molecule has 2 nitrogen and oxygen atoms in total. The van der Waals surface area contributed by atoms with E-state index in [0.29, 0.717) is 22.7 Å². The van der Waals surface area contributed by atoms with E-state index in [1.807, 2.05) is 11.4 Å². The van der Waals surface area contributed by atoms with Gasteiger partial charge in [-0.2, -0.15) is 13.2 Å². The summed E-state index contributed by atoms with van der Waals surface area (Å²) in [5, 5.41) is 2.49. The van der Waals surface area contributed by atoms with Crippen LogP contribution < -0.4 is 0 Å². The number of carbonyl (C=O) groups excluding carboxylic acids is 1. The number of amides is 1. The summed E-state index contributed by atoms with van der Waals surface area (Å²) in [4.78, 5) is 16.0. The first-order chi connectivity index (χ1) is 13.3. The molecule has 2 aromatic carbocycles. The number of rotatable bonds is 2. The lowest BCUT2D eigenvalue weighted by molar-refractivity contribution is -0.137. The van der Waals surface area contributed by atoms with Gasteiger partial charge in [0.1, 0.15) is 0 Å². The number of fused-ring (bicyclic) bond motifs is 1. The second-order valence-corrected chi connectivity index (χ2v) is 8.01. The minimum absolute atomic E-state index is 0.168. The van der Waals surface area contributed by atoms with Crippen molar-refractivity contribution in [3.8, 4) is 0 Å². The predicted molar refractivity (Wildman–Crippen MR) is 104 cm³/mol. The number of carbonyl (C=O) groups is 1. The first kappa shape index (κ1) is 19.0. The molecule has 1 aromatic heterocycles. The molecule has 7 heteroatoms. The van der Waals surface area contributed by atoms with Crippen LogP contribution in [0.25, 0.3) is 0 Å². The number of benzene rings is 2. The molecule has 0 unspecified atom stereocenters. The molecule has 0 fully saturated rings. The predicted octanol–water partition coefficient (Wildman–Crippen LogP) is 6.21. The van der Waals surface area contributed by atoms with Gasteiger partial charge in [0.05, 0.1) is 11.6 Å². The molecule has 0 spiro atoms. The number of thiophene rings is 1. The van der Waals surface area contributed by atoms with Gasteiger partial charge in [-0.3, -0.25) is 4.79 Å². The van der Waals surface area contributed by atoms with Crippen LogP contribution >= 0.6 is 22.9 Å². The van der Waals surface area contributed by atoms with Crippen molar-refractivity contribution in [2.45, 2.75) is 18.6 Å². The van der Waals surface area contributed by atoms with Crippen LogP contribution in [0.2, 0.25) is 5.02 Å². The maximum Gasteiger partial charge on any atom is 0.416 e. The Morgan fingerprint density at radius 1 is 1.04 bits per heavy atom. The molecular weight excluding hydrogens is 407 g/mol. The van der Waals surface area contributed by atoms with Gasteiger partial charge in [-0.05, 0) is 65.4 Å². The Balaban J connectivity index is 1.74. The third-order valence-corrected chi connectivity index (χ3v) is 6.12. The van der Waals surface area contributed by atoms with E-state index in [4.69, 9.17) is 11.6 Å². The monoisotopic (exact) mass is 421 g/mol. The van der Waals surface area contributed by atoms with E-state index in [1.165, 1.54) is 12.1 Å². The fourth-order valence-electron chi connectivity index (χ4n) is 3.51. The molecule has 144 valence electrons. The van der Waals surface area contributed by atoms with Crippen LogP contribution in [0.15, 0.2) is 60.0 Å². The third-order valence-electron chi connectivity index (χ3n) is 4.87. The van der Waals surface area contributed by atoms with Gasteiger partial charge in [0.2, 0.25) is 0 Å². The van der Waals surface area contributed by atoms with Crippen molar-refractivity contribution < 1.29 is 18.0 Å². The fourth-order valence-corrected chi connectivity index (χ4v) is 4.54. The Kier molecular flexibility index (Phi) is 4.93. The number of hydrogen-bond acceptors (Lipinski definition) is 2. The molecule has 4 rings (SSSR count). The molecule has 0 saturated heterocycles. The van der Waals surface area contributed by atoms with Crippen molar-refractivity contribution in [2.75, 3.05) is 6.54 Å². The zero-order chi connectivity index (χ0) is 19.9. The average molecular weight is 422 g/mol. The summed E-state index contributed by atoms with van der Waals surface area (Å²) in [5.41, 5.74) is 1.43. The lowest BCUT2D eigenvalue weighted by atomic mass is 9.92. The summed E-state index contributed by atoms with van der Waals surface area (Å²) in [7, 11) is 0. The van der Waals surface area contributed by atoms with Crippen molar-refractivity contribution in [2.24, 2.45) is 0 Å². The van der Waals surface area contributed by atoms with E-state index < -0.39 is 17.8 Å². The van der Waals surface area contributed by atoms with E-state index in [1.54, 1.807) is 40.5 Å². The van der Waals surface area contributed by atoms with E-state index >= 15 is 0 Å². The molecule has 1 aliphatic heterocycles. The Morgan fingerprint density at radius 2 is 1.71 bits per heavy atom. The summed E-state index contributed by atoms with van der Waals surface area (Å²) in [5.74, 6) is -0.168.